The van der Waals surface area contributed by atoms with E-state index in [1.807, 2.05) is 0 Å². The molecule has 0 aromatic rings. The average molecular weight is 611 g/mol. The Morgan fingerprint density at radius 3 is 1.00 bits per heavy atom. The summed E-state index contributed by atoms with van der Waals surface area (Å²) in [5.41, 5.74) is 0. The summed E-state index contributed by atoms with van der Waals surface area (Å²) < 4.78 is 48.4. The van der Waals surface area contributed by atoms with Crippen molar-refractivity contribution in [3.05, 3.63) is 0 Å². The second kappa shape index (κ2) is 36.3. The molecule has 42 heavy (non-hydrogen) atoms. The zero-order valence-corrected chi connectivity index (χ0v) is 26.7. The minimum Gasteiger partial charge on any atom is -0.461 e. The van der Waals surface area contributed by atoms with Crippen LogP contribution in [0.25, 0.3) is 0 Å². The van der Waals surface area contributed by atoms with Crippen LogP contribution in [0.3, 0.4) is 0 Å². The van der Waals surface area contributed by atoms with Crippen LogP contribution in [-0.2, 0) is 47.4 Å². The summed E-state index contributed by atoms with van der Waals surface area (Å²) in [7, 11) is 0. The lowest BCUT2D eigenvalue weighted by atomic mass is 10.1. The van der Waals surface area contributed by atoms with Gasteiger partial charge in [0.05, 0.1) is 99.1 Å². The van der Waals surface area contributed by atoms with E-state index in [0.29, 0.717) is 92.5 Å². The van der Waals surface area contributed by atoms with Crippen LogP contribution < -0.4 is 0 Å². The molecule has 0 amide bonds. The molecule has 0 bridgehead atoms. The highest BCUT2D eigenvalue weighted by Crippen LogP contribution is 2.10. The summed E-state index contributed by atoms with van der Waals surface area (Å²) in [6.45, 7) is 12.0. The van der Waals surface area contributed by atoms with Crippen molar-refractivity contribution in [2.24, 2.45) is 0 Å². The average Bonchev–Trinajstić information content (AvgIpc) is 2.99. The van der Waals surface area contributed by atoms with Gasteiger partial charge in [-0.1, -0.05) is 64.7 Å². The monoisotopic (exact) mass is 610 g/mol. The SMILES string of the molecule is CCCCCCCCCCCCOCCOCCOCCOCCOCCOCCOCCOCCOC(=O)[C@H](C)O. The molecule has 0 aliphatic heterocycles. The number of ether oxygens (including phenoxy) is 9. The van der Waals surface area contributed by atoms with Crippen molar-refractivity contribution in [3.8, 4) is 0 Å². The highest BCUT2D eigenvalue weighted by molar-refractivity contribution is 5.73. The molecule has 0 saturated heterocycles. The van der Waals surface area contributed by atoms with E-state index in [4.69, 9.17) is 47.7 Å². The molecule has 1 atom stereocenters. The summed E-state index contributed by atoms with van der Waals surface area (Å²) in [6.07, 6.45) is 12.3. The Kier molecular flexibility index (Phi) is 35.5. The smallest absolute Gasteiger partial charge is 0.334 e. The van der Waals surface area contributed by atoms with E-state index in [2.05, 4.69) is 6.92 Å². The fourth-order valence-corrected chi connectivity index (χ4v) is 3.65. The molecule has 0 rings (SSSR count). The molecule has 0 aliphatic carbocycles. The van der Waals surface area contributed by atoms with Gasteiger partial charge >= 0.3 is 5.97 Å². The predicted octanol–water partition coefficient (Wildman–Crippen LogP) is 3.96. The number of hydrogen-bond donors (Lipinski definition) is 1. The van der Waals surface area contributed by atoms with E-state index >= 15 is 0 Å². The lowest BCUT2D eigenvalue weighted by Gasteiger charge is -2.09. The Hall–Kier alpha value is -0.890. The second-order valence-corrected chi connectivity index (χ2v) is 9.92. The summed E-state index contributed by atoms with van der Waals surface area (Å²) in [5.74, 6) is -0.656. The molecule has 0 unspecified atom stereocenters. The third kappa shape index (κ3) is 35.3. The predicted molar refractivity (Wildman–Crippen MR) is 161 cm³/mol. The number of unbranched alkanes of at least 4 members (excludes halogenated alkanes) is 9. The van der Waals surface area contributed by atoms with Crippen molar-refractivity contribution in [1.29, 1.82) is 0 Å². The van der Waals surface area contributed by atoms with Gasteiger partial charge in [0.25, 0.3) is 0 Å². The molecule has 0 saturated carbocycles. The van der Waals surface area contributed by atoms with Crippen molar-refractivity contribution < 1.29 is 52.5 Å². The molecule has 252 valence electrons. The van der Waals surface area contributed by atoms with E-state index in [0.717, 1.165) is 13.0 Å². The number of carbonyl (C=O) groups is 1. The highest BCUT2D eigenvalue weighted by Gasteiger charge is 2.09. The molecule has 0 aliphatic rings. The van der Waals surface area contributed by atoms with E-state index < -0.39 is 12.1 Å². The molecule has 0 fully saturated rings. The molecule has 0 radical (unpaired) electrons. The van der Waals surface area contributed by atoms with Gasteiger partial charge in [0.15, 0.2) is 0 Å². The largest absolute Gasteiger partial charge is 0.461 e. The van der Waals surface area contributed by atoms with E-state index in [1.165, 1.54) is 64.7 Å². The number of esters is 1. The van der Waals surface area contributed by atoms with Crippen molar-refractivity contribution in [3.63, 3.8) is 0 Å². The molecule has 0 aromatic carbocycles. The van der Waals surface area contributed by atoms with Gasteiger partial charge in [-0.25, -0.2) is 4.79 Å². The van der Waals surface area contributed by atoms with Crippen LogP contribution >= 0.6 is 0 Å². The lowest BCUT2D eigenvalue weighted by Crippen LogP contribution is -2.21. The molecule has 0 aromatic heterocycles. The Labute approximate surface area is 255 Å². The Morgan fingerprint density at radius 2 is 0.690 bits per heavy atom. The van der Waals surface area contributed by atoms with Crippen LogP contribution in [0.2, 0.25) is 0 Å². The van der Waals surface area contributed by atoms with Gasteiger partial charge in [-0.3, -0.25) is 0 Å². The first kappa shape index (κ1) is 41.1. The number of aliphatic hydroxyl groups is 1. The van der Waals surface area contributed by atoms with Crippen LogP contribution in [0.1, 0.15) is 78.1 Å². The van der Waals surface area contributed by atoms with Gasteiger partial charge in [-0.2, -0.15) is 0 Å². The maximum absolute atomic E-state index is 11.0. The second-order valence-electron chi connectivity index (χ2n) is 9.92. The summed E-state index contributed by atoms with van der Waals surface area (Å²) in [6, 6.07) is 0. The maximum atomic E-state index is 11.0. The summed E-state index contributed by atoms with van der Waals surface area (Å²) >= 11 is 0. The molecule has 0 spiro atoms. The fourth-order valence-electron chi connectivity index (χ4n) is 3.65. The summed E-state index contributed by atoms with van der Waals surface area (Å²) in [5, 5.41) is 8.97. The van der Waals surface area contributed by atoms with Gasteiger partial charge in [0.2, 0.25) is 0 Å². The first-order chi connectivity index (χ1) is 20.7. The maximum Gasteiger partial charge on any atom is 0.334 e. The molecule has 11 nitrogen and oxygen atoms in total. The fraction of sp³-hybridized carbons (Fsp3) is 0.968. The Bertz CT molecular complexity index is 523. The number of hydrogen-bond acceptors (Lipinski definition) is 11. The molecule has 11 heteroatoms. The minimum absolute atomic E-state index is 0.108. The third-order valence-electron chi connectivity index (χ3n) is 6.06. The lowest BCUT2D eigenvalue weighted by molar-refractivity contribution is -0.154. The van der Waals surface area contributed by atoms with Gasteiger partial charge < -0.3 is 47.7 Å². The van der Waals surface area contributed by atoms with Crippen LogP contribution in [0.5, 0.6) is 0 Å². The van der Waals surface area contributed by atoms with Gasteiger partial charge in [0, 0.05) is 6.61 Å². The third-order valence-corrected chi connectivity index (χ3v) is 6.06. The molecular weight excluding hydrogens is 548 g/mol. The van der Waals surface area contributed by atoms with Crippen molar-refractivity contribution in [2.75, 3.05) is 112 Å². The van der Waals surface area contributed by atoms with Crippen LogP contribution in [-0.4, -0.2) is 129 Å². The molecule has 0 heterocycles. The Morgan fingerprint density at radius 1 is 0.429 bits per heavy atom. The van der Waals surface area contributed by atoms with Crippen LogP contribution in [0, 0.1) is 0 Å². The summed E-state index contributed by atoms with van der Waals surface area (Å²) in [4.78, 5) is 11.0. The Balaban J connectivity index is 3.06. The highest BCUT2D eigenvalue weighted by atomic mass is 16.6. The first-order valence-corrected chi connectivity index (χ1v) is 16.1. The van der Waals surface area contributed by atoms with E-state index in [-0.39, 0.29) is 13.2 Å². The van der Waals surface area contributed by atoms with Crippen LogP contribution in [0.4, 0.5) is 0 Å². The van der Waals surface area contributed by atoms with Crippen LogP contribution in [0.15, 0.2) is 0 Å². The minimum atomic E-state index is -1.12. The van der Waals surface area contributed by atoms with Crippen molar-refractivity contribution >= 4 is 5.97 Å². The topological polar surface area (TPSA) is 120 Å². The molecular formula is C31H62O11. The van der Waals surface area contributed by atoms with Crippen molar-refractivity contribution in [1.82, 2.24) is 0 Å². The number of aliphatic hydroxyl groups excluding tert-OH is 1. The van der Waals surface area contributed by atoms with Crippen molar-refractivity contribution in [2.45, 2.75) is 84.2 Å². The normalized spacial score (nSPS) is 12.2. The van der Waals surface area contributed by atoms with Gasteiger partial charge in [-0.15, -0.1) is 0 Å². The quantitative estimate of drug-likeness (QED) is 0.0820. The van der Waals surface area contributed by atoms with Gasteiger partial charge in [0.1, 0.15) is 12.7 Å². The number of rotatable bonds is 36. The van der Waals surface area contributed by atoms with E-state index in [9.17, 15) is 4.79 Å². The first-order valence-electron chi connectivity index (χ1n) is 16.1. The number of carbonyl (C=O) groups excluding carboxylic acids is 1. The standard InChI is InChI=1S/C31H62O11/c1-3-4-5-6-7-8-9-10-11-12-13-34-14-15-35-16-17-36-18-19-37-20-21-38-22-23-39-24-25-40-26-27-41-28-29-42-31(33)30(2)32/h30,32H,3-29H2,1-2H3/t30-/m0/s1. The van der Waals surface area contributed by atoms with Gasteiger partial charge in [-0.05, 0) is 13.3 Å². The molecule has 1 N–H and O–H groups in total. The zero-order chi connectivity index (χ0) is 30.6. The zero-order valence-electron chi connectivity index (χ0n) is 26.7. The van der Waals surface area contributed by atoms with E-state index in [1.54, 1.807) is 0 Å².